The lowest BCUT2D eigenvalue weighted by atomic mass is 9.96. The summed E-state index contributed by atoms with van der Waals surface area (Å²) in [6, 6.07) is 0. The third kappa shape index (κ3) is 5.45. The Kier molecular flexibility index (Phi) is 8.07. The molecule has 0 aliphatic heterocycles. The molecule has 0 saturated carbocycles. The van der Waals surface area contributed by atoms with Gasteiger partial charge in [-0.05, 0) is 0 Å². The van der Waals surface area contributed by atoms with E-state index >= 15 is 0 Å². The molecule has 4 unspecified atom stereocenters. The van der Waals surface area contributed by atoms with Crippen LogP contribution in [-0.2, 0) is 9.53 Å². The molecule has 0 aliphatic rings. The fraction of sp³-hybridized carbons (Fsp3) is 0.909. The van der Waals surface area contributed by atoms with Crippen molar-refractivity contribution in [2.45, 2.75) is 38.6 Å². The number of hydrogen-bond donors (Lipinski definition) is 4. The van der Waals surface area contributed by atoms with Gasteiger partial charge in [-0.15, -0.1) is 0 Å². The Morgan fingerprint density at radius 3 is 2.41 bits per heavy atom. The van der Waals surface area contributed by atoms with E-state index in [1.54, 1.807) is 13.8 Å². The molecule has 0 aliphatic carbocycles. The molecule has 4 N–H and O–H groups in total. The second-order valence-electron chi connectivity index (χ2n) is 4.08. The van der Waals surface area contributed by atoms with Crippen molar-refractivity contribution < 1.29 is 24.9 Å². The number of carbonyl (C=O) groups excluding carboxylic acids is 1. The van der Waals surface area contributed by atoms with E-state index in [9.17, 15) is 15.0 Å². The van der Waals surface area contributed by atoms with Gasteiger partial charge in [-0.1, -0.05) is 13.8 Å². The van der Waals surface area contributed by atoms with E-state index in [-0.39, 0.29) is 11.8 Å². The molecule has 0 radical (unpaired) electrons. The van der Waals surface area contributed by atoms with Gasteiger partial charge in [0.25, 0.3) is 0 Å². The molecule has 0 aromatic carbocycles. The first-order valence-corrected chi connectivity index (χ1v) is 5.74. The van der Waals surface area contributed by atoms with Crippen LogP contribution in [0.2, 0.25) is 0 Å². The number of carbonyl (C=O) groups is 1. The molecule has 0 bridgehead atoms. The van der Waals surface area contributed by atoms with Crippen LogP contribution in [0.3, 0.4) is 0 Å². The van der Waals surface area contributed by atoms with E-state index in [0.717, 1.165) is 0 Å². The minimum Gasteiger partial charge on any atom is -0.394 e. The molecule has 0 spiro atoms. The highest BCUT2D eigenvalue weighted by molar-refractivity contribution is 5.75. The Hall–Kier alpha value is -0.690. The Balaban J connectivity index is 4.29. The molecular formula is C11H23NO5. The van der Waals surface area contributed by atoms with Gasteiger partial charge in [-0.3, -0.25) is 4.79 Å². The maximum absolute atomic E-state index is 11.1. The lowest BCUT2D eigenvalue weighted by Gasteiger charge is -2.29. The highest BCUT2D eigenvalue weighted by Gasteiger charge is 2.30. The molecule has 0 heterocycles. The lowest BCUT2D eigenvalue weighted by Crippen LogP contribution is -2.46. The zero-order chi connectivity index (χ0) is 13.4. The lowest BCUT2D eigenvalue weighted by molar-refractivity contribution is -0.123. The highest BCUT2D eigenvalue weighted by Crippen LogP contribution is 2.13. The summed E-state index contributed by atoms with van der Waals surface area (Å²) in [5.74, 6) is -0.254. The van der Waals surface area contributed by atoms with Crippen molar-refractivity contribution in [2.24, 2.45) is 5.92 Å². The molecule has 1 amide bonds. The van der Waals surface area contributed by atoms with E-state index in [4.69, 9.17) is 9.84 Å². The number of nitrogens with one attached hydrogen (secondary N) is 1. The van der Waals surface area contributed by atoms with Crippen molar-refractivity contribution in [3.05, 3.63) is 0 Å². The minimum atomic E-state index is -1.25. The number of rotatable bonds is 8. The van der Waals surface area contributed by atoms with Crippen LogP contribution in [0.25, 0.3) is 0 Å². The third-order valence-electron chi connectivity index (χ3n) is 2.69. The van der Waals surface area contributed by atoms with Gasteiger partial charge in [0.05, 0.1) is 12.7 Å². The number of ether oxygens (including phenoxy) is 1. The summed E-state index contributed by atoms with van der Waals surface area (Å²) in [7, 11) is 1.41. The predicted octanol–water partition coefficient (Wildman–Crippen LogP) is -1.12. The first-order chi connectivity index (χ1) is 7.97. The molecule has 6 heteroatoms. The SMILES string of the molecule is CCC(=O)NCC(C)C(OC)C(O)C(O)CO. The fourth-order valence-corrected chi connectivity index (χ4v) is 1.55. The Labute approximate surface area is 102 Å². The molecule has 102 valence electrons. The van der Waals surface area contributed by atoms with Crippen LogP contribution in [0.4, 0.5) is 0 Å². The number of aliphatic hydroxyl groups is 3. The maximum Gasteiger partial charge on any atom is 0.219 e. The normalized spacial score (nSPS) is 18.2. The Morgan fingerprint density at radius 1 is 1.41 bits per heavy atom. The van der Waals surface area contributed by atoms with E-state index in [2.05, 4.69) is 5.32 Å². The first kappa shape index (κ1) is 16.3. The second kappa shape index (κ2) is 8.41. The zero-order valence-electron chi connectivity index (χ0n) is 10.6. The zero-order valence-corrected chi connectivity index (χ0v) is 10.6. The summed E-state index contributed by atoms with van der Waals surface area (Å²) in [4.78, 5) is 11.1. The van der Waals surface area contributed by atoms with Crippen molar-refractivity contribution in [1.82, 2.24) is 5.32 Å². The quantitative estimate of drug-likeness (QED) is 0.436. The molecule has 6 nitrogen and oxygen atoms in total. The average Bonchev–Trinajstić information content (AvgIpc) is 2.35. The second-order valence-corrected chi connectivity index (χ2v) is 4.08. The summed E-state index contributed by atoms with van der Waals surface area (Å²) in [5.41, 5.74) is 0. The van der Waals surface area contributed by atoms with Crippen molar-refractivity contribution in [1.29, 1.82) is 0 Å². The predicted molar refractivity (Wildman–Crippen MR) is 62.4 cm³/mol. The number of aliphatic hydroxyl groups excluding tert-OH is 3. The fourth-order valence-electron chi connectivity index (χ4n) is 1.55. The minimum absolute atomic E-state index is 0.0797. The summed E-state index contributed by atoms with van der Waals surface area (Å²) in [5, 5.41) is 30.5. The van der Waals surface area contributed by atoms with Gasteiger partial charge in [-0.2, -0.15) is 0 Å². The van der Waals surface area contributed by atoms with Crippen LogP contribution >= 0.6 is 0 Å². The summed E-state index contributed by atoms with van der Waals surface area (Å²) < 4.78 is 5.09. The smallest absolute Gasteiger partial charge is 0.219 e. The van der Waals surface area contributed by atoms with Gasteiger partial charge in [0.2, 0.25) is 5.91 Å². The topological polar surface area (TPSA) is 99.0 Å². The number of amides is 1. The van der Waals surface area contributed by atoms with Crippen LogP contribution in [0.1, 0.15) is 20.3 Å². The molecule has 0 saturated heterocycles. The van der Waals surface area contributed by atoms with Crippen molar-refractivity contribution >= 4 is 5.91 Å². The van der Waals surface area contributed by atoms with E-state index < -0.39 is 24.9 Å². The van der Waals surface area contributed by atoms with Gasteiger partial charge >= 0.3 is 0 Å². The molecular weight excluding hydrogens is 226 g/mol. The highest BCUT2D eigenvalue weighted by atomic mass is 16.5. The van der Waals surface area contributed by atoms with E-state index in [1.807, 2.05) is 0 Å². The standard InChI is InChI=1S/C11H23NO5/c1-4-9(15)12-5-7(2)11(17-3)10(16)8(14)6-13/h7-8,10-11,13-14,16H,4-6H2,1-3H3,(H,12,15). The third-order valence-corrected chi connectivity index (χ3v) is 2.69. The van der Waals surface area contributed by atoms with Crippen LogP contribution in [-0.4, -0.2) is 59.8 Å². The van der Waals surface area contributed by atoms with E-state index in [0.29, 0.717) is 13.0 Å². The van der Waals surface area contributed by atoms with Crippen LogP contribution < -0.4 is 5.32 Å². The van der Waals surface area contributed by atoms with Crippen molar-refractivity contribution in [3.63, 3.8) is 0 Å². The molecule has 4 atom stereocenters. The monoisotopic (exact) mass is 249 g/mol. The van der Waals surface area contributed by atoms with Gasteiger partial charge in [-0.25, -0.2) is 0 Å². The maximum atomic E-state index is 11.1. The largest absolute Gasteiger partial charge is 0.394 e. The molecule has 0 aromatic rings. The Bertz CT molecular complexity index is 224. The number of hydrogen-bond acceptors (Lipinski definition) is 5. The molecule has 0 aromatic heterocycles. The van der Waals surface area contributed by atoms with Crippen LogP contribution in [0.5, 0.6) is 0 Å². The van der Waals surface area contributed by atoms with Crippen molar-refractivity contribution in [3.8, 4) is 0 Å². The molecule has 17 heavy (non-hydrogen) atoms. The summed E-state index contributed by atoms with van der Waals surface area (Å²) in [6.07, 6.45) is -2.68. The van der Waals surface area contributed by atoms with E-state index in [1.165, 1.54) is 7.11 Å². The molecule has 0 rings (SSSR count). The van der Waals surface area contributed by atoms with Gasteiger partial charge in [0.15, 0.2) is 0 Å². The van der Waals surface area contributed by atoms with Gasteiger partial charge < -0.3 is 25.4 Å². The average molecular weight is 249 g/mol. The first-order valence-electron chi connectivity index (χ1n) is 5.74. The van der Waals surface area contributed by atoms with Crippen LogP contribution in [0.15, 0.2) is 0 Å². The van der Waals surface area contributed by atoms with Crippen molar-refractivity contribution in [2.75, 3.05) is 20.3 Å². The molecule has 0 fully saturated rings. The van der Waals surface area contributed by atoms with Crippen LogP contribution in [0, 0.1) is 5.92 Å². The van der Waals surface area contributed by atoms with Gasteiger partial charge in [0.1, 0.15) is 12.2 Å². The Morgan fingerprint density at radius 2 is 2.00 bits per heavy atom. The summed E-state index contributed by atoms with van der Waals surface area (Å²) >= 11 is 0. The number of methoxy groups -OCH3 is 1. The van der Waals surface area contributed by atoms with Gasteiger partial charge in [0, 0.05) is 26.0 Å². The summed E-state index contributed by atoms with van der Waals surface area (Å²) in [6.45, 7) is 3.35.